The van der Waals surface area contributed by atoms with Crippen LogP contribution >= 0.6 is 11.3 Å². The monoisotopic (exact) mass is 348 g/mol. The summed E-state index contributed by atoms with van der Waals surface area (Å²) in [5, 5.41) is 15.9. The number of thiophene rings is 1. The normalized spacial score (nSPS) is 16.1. The van der Waals surface area contributed by atoms with E-state index in [1.165, 1.54) is 17.6 Å². The number of aliphatic hydroxyl groups is 1. The van der Waals surface area contributed by atoms with Crippen molar-refractivity contribution in [2.75, 3.05) is 11.9 Å². The number of nitrogens with one attached hydrogen (secondary N) is 2. The fourth-order valence-electron chi connectivity index (χ4n) is 3.02. The number of anilines is 1. The first-order chi connectivity index (χ1) is 11.5. The minimum Gasteiger partial charge on any atom is -0.459 e. The van der Waals surface area contributed by atoms with Gasteiger partial charge in [0.05, 0.1) is 28.3 Å². The van der Waals surface area contributed by atoms with Gasteiger partial charge >= 0.3 is 0 Å². The van der Waals surface area contributed by atoms with E-state index in [9.17, 15) is 14.7 Å². The molecule has 0 unspecified atom stereocenters. The van der Waals surface area contributed by atoms with Gasteiger partial charge in [-0.15, -0.1) is 11.3 Å². The van der Waals surface area contributed by atoms with Crippen molar-refractivity contribution >= 4 is 28.2 Å². The minimum atomic E-state index is -0.509. The van der Waals surface area contributed by atoms with Crippen LogP contribution < -0.4 is 10.6 Å². The first kappa shape index (κ1) is 16.7. The van der Waals surface area contributed by atoms with Crippen molar-refractivity contribution in [3.05, 3.63) is 40.7 Å². The lowest BCUT2D eigenvalue weighted by Crippen LogP contribution is -2.49. The molecule has 0 bridgehead atoms. The summed E-state index contributed by atoms with van der Waals surface area (Å²) in [4.78, 5) is 25.1. The van der Waals surface area contributed by atoms with Gasteiger partial charge < -0.3 is 20.2 Å². The number of aliphatic hydroxyl groups excluding tert-OH is 1. The lowest BCUT2D eigenvalue weighted by Gasteiger charge is -2.27. The average Bonchev–Trinajstić information content (AvgIpc) is 3.28. The van der Waals surface area contributed by atoms with E-state index in [0.717, 1.165) is 31.2 Å². The Morgan fingerprint density at radius 1 is 1.33 bits per heavy atom. The third-order valence-corrected chi connectivity index (χ3v) is 5.50. The molecule has 0 aliphatic heterocycles. The van der Waals surface area contributed by atoms with Gasteiger partial charge in [0, 0.05) is 0 Å². The van der Waals surface area contributed by atoms with E-state index in [0.29, 0.717) is 9.88 Å². The van der Waals surface area contributed by atoms with Gasteiger partial charge in [0.25, 0.3) is 11.8 Å². The van der Waals surface area contributed by atoms with Gasteiger partial charge in [-0.05, 0) is 43.5 Å². The molecular weight excluding hydrogens is 328 g/mol. The Balaban J connectivity index is 1.71. The van der Waals surface area contributed by atoms with Gasteiger partial charge in [-0.25, -0.2) is 0 Å². The molecule has 7 heteroatoms. The summed E-state index contributed by atoms with van der Waals surface area (Å²) in [6.07, 6.45) is 5.04. The van der Waals surface area contributed by atoms with E-state index in [1.807, 2.05) is 6.92 Å². The lowest BCUT2D eigenvalue weighted by molar-refractivity contribution is 0.0841. The summed E-state index contributed by atoms with van der Waals surface area (Å²) in [6.45, 7) is 1.78. The van der Waals surface area contributed by atoms with Gasteiger partial charge in [-0.1, -0.05) is 12.8 Å². The SMILES string of the molecule is Cc1cc(NC(=O)c2ccco2)sc1C(=O)NC1(CO)CCCC1. The summed E-state index contributed by atoms with van der Waals surface area (Å²) in [5.41, 5.74) is 0.281. The summed E-state index contributed by atoms with van der Waals surface area (Å²) >= 11 is 1.22. The third kappa shape index (κ3) is 3.37. The molecule has 3 rings (SSSR count). The van der Waals surface area contributed by atoms with E-state index in [2.05, 4.69) is 10.6 Å². The molecule has 3 N–H and O–H groups in total. The second kappa shape index (κ2) is 6.78. The Hall–Kier alpha value is -2.12. The molecule has 1 aliphatic rings. The Morgan fingerprint density at radius 3 is 2.71 bits per heavy atom. The van der Waals surface area contributed by atoms with Crippen LogP contribution in [0.1, 0.15) is 51.5 Å². The number of carbonyl (C=O) groups excluding carboxylic acids is 2. The Labute approximate surface area is 143 Å². The summed E-state index contributed by atoms with van der Waals surface area (Å²) in [7, 11) is 0. The average molecular weight is 348 g/mol. The number of aryl methyl sites for hydroxylation is 1. The predicted octanol–water partition coefficient (Wildman–Crippen LogP) is 2.94. The van der Waals surface area contributed by atoms with Gasteiger partial charge in [-0.3, -0.25) is 9.59 Å². The molecule has 0 spiro atoms. The van der Waals surface area contributed by atoms with Crippen molar-refractivity contribution in [3.8, 4) is 0 Å². The molecule has 1 saturated carbocycles. The van der Waals surface area contributed by atoms with Crippen molar-refractivity contribution in [1.29, 1.82) is 0 Å². The minimum absolute atomic E-state index is 0.0503. The van der Waals surface area contributed by atoms with Crippen molar-refractivity contribution in [2.24, 2.45) is 0 Å². The zero-order chi connectivity index (χ0) is 17.2. The smallest absolute Gasteiger partial charge is 0.291 e. The summed E-state index contributed by atoms with van der Waals surface area (Å²) in [6, 6.07) is 4.98. The second-order valence-electron chi connectivity index (χ2n) is 6.15. The van der Waals surface area contributed by atoms with Crippen molar-refractivity contribution < 1.29 is 19.1 Å². The zero-order valence-corrected chi connectivity index (χ0v) is 14.2. The van der Waals surface area contributed by atoms with Crippen molar-refractivity contribution in [2.45, 2.75) is 38.1 Å². The van der Waals surface area contributed by atoms with Crippen LogP contribution in [0.2, 0.25) is 0 Å². The predicted molar refractivity (Wildman–Crippen MR) is 91.5 cm³/mol. The maximum absolute atomic E-state index is 12.6. The van der Waals surface area contributed by atoms with Crippen molar-refractivity contribution in [1.82, 2.24) is 5.32 Å². The molecule has 2 amide bonds. The number of furan rings is 1. The molecule has 2 aromatic heterocycles. The van der Waals surface area contributed by atoms with Crippen LogP contribution in [0.25, 0.3) is 0 Å². The second-order valence-corrected chi connectivity index (χ2v) is 7.21. The van der Waals surface area contributed by atoms with E-state index >= 15 is 0 Å². The molecule has 0 aromatic carbocycles. The van der Waals surface area contributed by atoms with Crippen LogP contribution in [0, 0.1) is 6.92 Å². The van der Waals surface area contributed by atoms with Gasteiger partial charge in [0.2, 0.25) is 0 Å². The Morgan fingerprint density at radius 2 is 2.08 bits per heavy atom. The molecule has 1 fully saturated rings. The molecular formula is C17H20N2O4S. The number of hydrogen-bond acceptors (Lipinski definition) is 5. The number of amides is 2. The molecule has 0 saturated heterocycles. The fraction of sp³-hybridized carbons (Fsp3) is 0.412. The molecule has 1 aliphatic carbocycles. The Bertz CT molecular complexity index is 730. The van der Waals surface area contributed by atoms with Crippen LogP contribution in [0.4, 0.5) is 5.00 Å². The van der Waals surface area contributed by atoms with Crippen LogP contribution in [-0.4, -0.2) is 29.1 Å². The highest BCUT2D eigenvalue weighted by Gasteiger charge is 2.35. The zero-order valence-electron chi connectivity index (χ0n) is 13.4. The third-order valence-electron chi connectivity index (χ3n) is 4.35. The standard InChI is InChI=1S/C17H20N2O4S/c1-11-9-13(18-15(21)12-5-4-8-23-12)24-14(11)16(22)19-17(10-20)6-2-3-7-17/h4-5,8-9,20H,2-3,6-7,10H2,1H3,(H,18,21)(H,19,22). The molecule has 0 radical (unpaired) electrons. The first-order valence-corrected chi connectivity index (χ1v) is 8.73. The maximum atomic E-state index is 12.6. The van der Waals surface area contributed by atoms with Crippen LogP contribution in [0.3, 0.4) is 0 Å². The highest BCUT2D eigenvalue weighted by Crippen LogP contribution is 2.32. The van der Waals surface area contributed by atoms with Gasteiger partial charge in [0.15, 0.2) is 5.76 Å². The van der Waals surface area contributed by atoms with Crippen LogP contribution in [-0.2, 0) is 0 Å². The molecule has 2 heterocycles. The molecule has 24 heavy (non-hydrogen) atoms. The lowest BCUT2D eigenvalue weighted by atomic mass is 9.99. The highest BCUT2D eigenvalue weighted by atomic mass is 32.1. The molecule has 2 aromatic rings. The largest absolute Gasteiger partial charge is 0.459 e. The summed E-state index contributed by atoms with van der Waals surface area (Å²) in [5.74, 6) is -0.333. The van der Waals surface area contributed by atoms with E-state index in [1.54, 1.807) is 18.2 Å². The number of hydrogen-bond donors (Lipinski definition) is 3. The van der Waals surface area contributed by atoms with E-state index in [-0.39, 0.29) is 24.2 Å². The van der Waals surface area contributed by atoms with Crippen LogP contribution in [0.5, 0.6) is 0 Å². The first-order valence-electron chi connectivity index (χ1n) is 7.92. The fourth-order valence-corrected chi connectivity index (χ4v) is 3.99. The Kier molecular flexibility index (Phi) is 4.73. The van der Waals surface area contributed by atoms with E-state index < -0.39 is 5.54 Å². The molecule has 0 atom stereocenters. The molecule has 128 valence electrons. The molecule has 6 nitrogen and oxygen atoms in total. The van der Waals surface area contributed by atoms with Gasteiger partial charge in [0.1, 0.15) is 0 Å². The maximum Gasteiger partial charge on any atom is 0.291 e. The number of carbonyl (C=O) groups is 2. The quantitative estimate of drug-likeness (QED) is 0.775. The highest BCUT2D eigenvalue weighted by molar-refractivity contribution is 7.18. The van der Waals surface area contributed by atoms with Crippen molar-refractivity contribution in [3.63, 3.8) is 0 Å². The van der Waals surface area contributed by atoms with Gasteiger partial charge in [-0.2, -0.15) is 0 Å². The van der Waals surface area contributed by atoms with Crippen LogP contribution in [0.15, 0.2) is 28.9 Å². The summed E-state index contributed by atoms with van der Waals surface area (Å²) < 4.78 is 5.05. The van der Waals surface area contributed by atoms with E-state index in [4.69, 9.17) is 4.42 Å². The number of rotatable bonds is 5. The topological polar surface area (TPSA) is 91.6 Å².